The normalized spacial score (nSPS) is 15.0. The minimum atomic E-state index is 0.0631. The molecule has 0 unspecified atom stereocenters. The van der Waals surface area contributed by atoms with E-state index in [0.717, 1.165) is 17.7 Å². The highest BCUT2D eigenvalue weighted by molar-refractivity contribution is 5.85. The molecule has 0 fully saturated rings. The van der Waals surface area contributed by atoms with Gasteiger partial charge in [-0.25, -0.2) is 9.97 Å². The van der Waals surface area contributed by atoms with Gasteiger partial charge in [0.1, 0.15) is 11.4 Å². The second kappa shape index (κ2) is 5.15. The van der Waals surface area contributed by atoms with Gasteiger partial charge in [0.25, 0.3) is 0 Å². The molecule has 3 aromatic rings. The lowest BCUT2D eigenvalue weighted by Crippen LogP contribution is -2.06. The molecule has 2 N–H and O–H groups in total. The molecule has 0 bridgehead atoms. The van der Waals surface area contributed by atoms with Crippen molar-refractivity contribution in [3.63, 3.8) is 0 Å². The molecule has 0 aliphatic carbocycles. The monoisotopic (exact) mass is 296 g/mol. The van der Waals surface area contributed by atoms with Crippen LogP contribution >= 0.6 is 0 Å². The molecule has 0 amide bonds. The van der Waals surface area contributed by atoms with E-state index in [1.165, 1.54) is 6.20 Å². The van der Waals surface area contributed by atoms with E-state index < -0.39 is 0 Å². The molecular formula is C14H12N6O2. The van der Waals surface area contributed by atoms with Crippen molar-refractivity contribution in [2.45, 2.75) is 6.42 Å². The second-order valence-electron chi connectivity index (χ2n) is 4.88. The molecule has 0 radical (unpaired) electrons. The predicted molar refractivity (Wildman–Crippen MR) is 77.8 cm³/mol. The Morgan fingerprint density at radius 2 is 2.14 bits per heavy atom. The number of nitrogens with one attached hydrogen (secondary N) is 1. The number of H-pyrrole nitrogens is 1. The van der Waals surface area contributed by atoms with Crippen molar-refractivity contribution in [2.75, 3.05) is 13.2 Å². The molecule has 3 aromatic heterocycles. The Labute approximate surface area is 124 Å². The molecule has 0 atom stereocenters. The standard InChI is InChI=1S/C14H12N6O2/c21-10-5-9(6-15-7-10)13-16-11(8-1-3-22-4-2-8)12-14(17-13)19-20-18-12/h1,5-7,21H,2-4H2,(H,16,17,18,19,20). The van der Waals surface area contributed by atoms with Crippen LogP contribution in [0.2, 0.25) is 0 Å². The van der Waals surface area contributed by atoms with Gasteiger partial charge in [-0.05, 0) is 18.1 Å². The topological polar surface area (TPSA) is 110 Å². The smallest absolute Gasteiger partial charge is 0.205 e. The van der Waals surface area contributed by atoms with E-state index in [4.69, 9.17) is 4.74 Å². The van der Waals surface area contributed by atoms with E-state index >= 15 is 0 Å². The highest BCUT2D eigenvalue weighted by Gasteiger charge is 2.17. The molecule has 8 nitrogen and oxygen atoms in total. The second-order valence-corrected chi connectivity index (χ2v) is 4.88. The molecule has 1 aliphatic heterocycles. The number of aromatic hydroxyl groups is 1. The van der Waals surface area contributed by atoms with Crippen molar-refractivity contribution in [3.8, 4) is 17.1 Å². The van der Waals surface area contributed by atoms with E-state index in [1.807, 2.05) is 6.08 Å². The molecular weight excluding hydrogens is 284 g/mol. The number of rotatable bonds is 2. The Balaban J connectivity index is 1.92. The van der Waals surface area contributed by atoms with Crippen LogP contribution in [0.1, 0.15) is 12.1 Å². The van der Waals surface area contributed by atoms with Gasteiger partial charge in [0.05, 0.1) is 19.4 Å². The average Bonchev–Trinajstić information content (AvgIpc) is 3.03. The largest absolute Gasteiger partial charge is 0.506 e. The Bertz CT molecular complexity index is 873. The summed E-state index contributed by atoms with van der Waals surface area (Å²) in [6, 6.07) is 1.57. The van der Waals surface area contributed by atoms with Crippen LogP contribution in [0.15, 0.2) is 24.5 Å². The summed E-state index contributed by atoms with van der Waals surface area (Å²) < 4.78 is 5.34. The van der Waals surface area contributed by atoms with Crippen molar-refractivity contribution in [3.05, 3.63) is 30.2 Å². The maximum atomic E-state index is 9.59. The third-order valence-electron chi connectivity index (χ3n) is 3.43. The van der Waals surface area contributed by atoms with Crippen molar-refractivity contribution < 1.29 is 9.84 Å². The summed E-state index contributed by atoms with van der Waals surface area (Å²) in [5, 5.41) is 20.4. The summed E-state index contributed by atoms with van der Waals surface area (Å²) in [5.41, 5.74) is 3.53. The summed E-state index contributed by atoms with van der Waals surface area (Å²) in [5.74, 6) is 0.514. The fraction of sp³-hybridized carbons (Fsp3) is 0.214. The first-order valence-corrected chi connectivity index (χ1v) is 6.81. The Morgan fingerprint density at radius 1 is 1.18 bits per heavy atom. The van der Waals surface area contributed by atoms with Gasteiger partial charge in [-0.3, -0.25) is 4.98 Å². The maximum absolute atomic E-state index is 9.59. The first-order chi connectivity index (χ1) is 10.8. The summed E-state index contributed by atoms with van der Waals surface area (Å²) >= 11 is 0. The number of aromatic amines is 1. The number of fused-ring (bicyclic) bond motifs is 1. The lowest BCUT2D eigenvalue weighted by atomic mass is 10.1. The van der Waals surface area contributed by atoms with Crippen LogP contribution in [0.4, 0.5) is 0 Å². The van der Waals surface area contributed by atoms with Gasteiger partial charge in [0.2, 0.25) is 5.65 Å². The Hall–Kier alpha value is -2.87. The van der Waals surface area contributed by atoms with E-state index in [1.54, 1.807) is 12.3 Å². The van der Waals surface area contributed by atoms with Gasteiger partial charge in [0.15, 0.2) is 11.3 Å². The van der Waals surface area contributed by atoms with Gasteiger partial charge in [0, 0.05) is 11.8 Å². The van der Waals surface area contributed by atoms with E-state index in [2.05, 4.69) is 30.4 Å². The maximum Gasteiger partial charge on any atom is 0.205 e. The third-order valence-corrected chi connectivity index (χ3v) is 3.43. The number of ether oxygens (including phenoxy) is 1. The van der Waals surface area contributed by atoms with Gasteiger partial charge < -0.3 is 9.84 Å². The Morgan fingerprint density at radius 3 is 2.95 bits per heavy atom. The summed E-state index contributed by atoms with van der Waals surface area (Å²) in [6.07, 6.45) is 5.71. The minimum Gasteiger partial charge on any atom is -0.506 e. The van der Waals surface area contributed by atoms with Crippen molar-refractivity contribution >= 4 is 16.7 Å². The van der Waals surface area contributed by atoms with Crippen molar-refractivity contribution in [1.29, 1.82) is 0 Å². The van der Waals surface area contributed by atoms with E-state index in [9.17, 15) is 5.11 Å². The molecule has 8 heteroatoms. The highest BCUT2D eigenvalue weighted by Crippen LogP contribution is 2.27. The molecule has 0 spiro atoms. The van der Waals surface area contributed by atoms with E-state index in [-0.39, 0.29) is 5.75 Å². The van der Waals surface area contributed by atoms with Gasteiger partial charge in [-0.2, -0.15) is 10.3 Å². The van der Waals surface area contributed by atoms with E-state index in [0.29, 0.717) is 35.8 Å². The zero-order chi connectivity index (χ0) is 14.9. The summed E-state index contributed by atoms with van der Waals surface area (Å²) in [7, 11) is 0. The lowest BCUT2D eigenvalue weighted by molar-refractivity contribution is 0.161. The number of pyridine rings is 1. The zero-order valence-corrected chi connectivity index (χ0v) is 11.5. The van der Waals surface area contributed by atoms with Crippen LogP contribution in [0.3, 0.4) is 0 Å². The molecule has 0 saturated heterocycles. The van der Waals surface area contributed by atoms with Gasteiger partial charge in [-0.15, -0.1) is 5.10 Å². The Kier molecular flexibility index (Phi) is 3.01. The van der Waals surface area contributed by atoms with Gasteiger partial charge >= 0.3 is 0 Å². The fourth-order valence-electron chi connectivity index (χ4n) is 2.39. The SMILES string of the molecule is Oc1cncc(-c2nc(C3=CCOCC3)c3n[nH]nc3n2)c1. The highest BCUT2D eigenvalue weighted by atomic mass is 16.5. The molecule has 0 aromatic carbocycles. The van der Waals surface area contributed by atoms with Crippen molar-refractivity contribution in [2.24, 2.45) is 0 Å². The summed E-state index contributed by atoms with van der Waals surface area (Å²) in [4.78, 5) is 12.9. The van der Waals surface area contributed by atoms with Crippen LogP contribution in [0.25, 0.3) is 28.1 Å². The fourth-order valence-corrected chi connectivity index (χ4v) is 2.39. The van der Waals surface area contributed by atoms with Crippen molar-refractivity contribution in [1.82, 2.24) is 30.4 Å². The van der Waals surface area contributed by atoms with Crippen LogP contribution in [0.5, 0.6) is 5.75 Å². The van der Waals surface area contributed by atoms with Gasteiger partial charge in [-0.1, -0.05) is 6.08 Å². The average molecular weight is 296 g/mol. The predicted octanol–water partition coefficient (Wildman–Crippen LogP) is 1.32. The first-order valence-electron chi connectivity index (χ1n) is 6.81. The quantitative estimate of drug-likeness (QED) is 0.733. The number of hydrogen-bond donors (Lipinski definition) is 2. The number of aromatic nitrogens is 6. The van der Waals surface area contributed by atoms with Crippen LogP contribution < -0.4 is 0 Å². The third kappa shape index (κ3) is 2.19. The molecule has 4 rings (SSSR count). The molecule has 4 heterocycles. The summed E-state index contributed by atoms with van der Waals surface area (Å²) in [6.45, 7) is 1.21. The number of nitrogens with zero attached hydrogens (tertiary/aromatic N) is 5. The zero-order valence-electron chi connectivity index (χ0n) is 11.5. The van der Waals surface area contributed by atoms with Crippen LogP contribution in [-0.2, 0) is 4.74 Å². The molecule has 22 heavy (non-hydrogen) atoms. The van der Waals surface area contributed by atoms with Crippen LogP contribution in [0, 0.1) is 0 Å². The van der Waals surface area contributed by atoms with Crippen LogP contribution in [-0.4, -0.2) is 48.7 Å². The first kappa shape index (κ1) is 12.8. The molecule has 1 aliphatic rings. The minimum absolute atomic E-state index is 0.0631. The molecule has 110 valence electrons. The lowest BCUT2D eigenvalue weighted by Gasteiger charge is -2.13. The number of hydrogen-bond acceptors (Lipinski definition) is 7. The molecule has 0 saturated carbocycles.